The van der Waals surface area contributed by atoms with Gasteiger partial charge in [0.2, 0.25) is 0 Å². The van der Waals surface area contributed by atoms with Crippen LogP contribution < -0.4 is 0 Å². The molecular weight excluding hydrogens is 164 g/mol. The average molecular weight is 178 g/mol. The lowest BCUT2D eigenvalue weighted by atomic mass is 10.1. The molecular formula is C11H14O2. The van der Waals surface area contributed by atoms with E-state index < -0.39 is 0 Å². The van der Waals surface area contributed by atoms with Crippen LogP contribution in [0, 0.1) is 0 Å². The van der Waals surface area contributed by atoms with E-state index in [1.54, 1.807) is 7.11 Å². The predicted octanol–water partition coefficient (Wildman–Crippen LogP) is 2.29. The topological polar surface area (TPSA) is 26.3 Å². The van der Waals surface area contributed by atoms with Crippen molar-refractivity contribution in [2.24, 2.45) is 0 Å². The molecule has 1 atom stereocenters. The van der Waals surface area contributed by atoms with Gasteiger partial charge in [0.15, 0.2) is 5.78 Å². The molecule has 0 spiro atoms. The number of carbonyl (C=O) groups is 1. The number of ketones is 1. The van der Waals surface area contributed by atoms with E-state index in [0.717, 1.165) is 5.56 Å². The molecule has 2 heteroatoms. The Kier molecular flexibility index (Phi) is 3.65. The second-order valence-corrected chi connectivity index (χ2v) is 3.04. The number of methoxy groups -OCH3 is 1. The Balaban J connectivity index is 2.59. The van der Waals surface area contributed by atoms with E-state index in [4.69, 9.17) is 4.74 Å². The van der Waals surface area contributed by atoms with Gasteiger partial charge in [-0.15, -0.1) is 0 Å². The van der Waals surface area contributed by atoms with Crippen molar-refractivity contribution in [2.45, 2.75) is 19.4 Å². The zero-order chi connectivity index (χ0) is 9.68. The van der Waals surface area contributed by atoms with Crippen molar-refractivity contribution in [1.82, 2.24) is 0 Å². The molecule has 13 heavy (non-hydrogen) atoms. The molecule has 0 radical (unpaired) electrons. The molecule has 0 aliphatic carbocycles. The zero-order valence-corrected chi connectivity index (χ0v) is 7.99. The van der Waals surface area contributed by atoms with Crippen molar-refractivity contribution in [1.29, 1.82) is 0 Å². The smallest absolute Gasteiger partial charge is 0.165 e. The number of Topliss-reactive ketones (excluding diaryl/α,β-unsaturated/α-hetero) is 1. The molecule has 0 amide bonds. The third-order valence-electron chi connectivity index (χ3n) is 1.97. The van der Waals surface area contributed by atoms with E-state index in [9.17, 15) is 4.79 Å². The van der Waals surface area contributed by atoms with Crippen LogP contribution in [0.5, 0.6) is 0 Å². The first-order chi connectivity index (χ1) is 6.24. The van der Waals surface area contributed by atoms with Gasteiger partial charge in [-0.3, -0.25) is 4.79 Å². The summed E-state index contributed by atoms with van der Waals surface area (Å²) in [6.45, 7) is 1.89. The number of carbonyl (C=O) groups excluding carboxylic acids is 1. The molecule has 1 aromatic carbocycles. The minimum absolute atomic E-state index is 0.00675. The average Bonchev–Trinajstić information content (AvgIpc) is 2.19. The fourth-order valence-electron chi connectivity index (χ4n) is 1.09. The van der Waals surface area contributed by atoms with Crippen LogP contribution in [0.2, 0.25) is 0 Å². The van der Waals surface area contributed by atoms with Crippen molar-refractivity contribution in [3.8, 4) is 0 Å². The summed E-state index contributed by atoms with van der Waals surface area (Å²) in [6.07, 6.45) is 0.438. The maximum atomic E-state index is 11.5. The second-order valence-electron chi connectivity index (χ2n) is 3.04. The molecule has 0 aliphatic rings. The van der Waals surface area contributed by atoms with Crippen LogP contribution in [0.1, 0.15) is 23.7 Å². The van der Waals surface area contributed by atoms with E-state index >= 15 is 0 Å². The molecule has 0 saturated heterocycles. The Morgan fingerprint density at radius 1 is 1.38 bits per heavy atom. The van der Waals surface area contributed by atoms with Crippen molar-refractivity contribution in [2.75, 3.05) is 7.11 Å². The van der Waals surface area contributed by atoms with Crippen LogP contribution in [0.25, 0.3) is 0 Å². The minimum atomic E-state index is -0.00675. The lowest BCUT2D eigenvalue weighted by Gasteiger charge is -2.07. The van der Waals surface area contributed by atoms with Gasteiger partial charge in [-0.05, 0) is 6.92 Å². The maximum absolute atomic E-state index is 11.5. The standard InChI is InChI=1S/C11H14O2/c1-9(13-2)8-11(12)10-6-4-3-5-7-10/h3-7,9H,8H2,1-2H3. The highest BCUT2D eigenvalue weighted by Gasteiger charge is 2.09. The molecule has 0 bridgehead atoms. The van der Waals surface area contributed by atoms with Crippen LogP contribution in [-0.2, 0) is 4.74 Å². The van der Waals surface area contributed by atoms with Crippen molar-refractivity contribution >= 4 is 5.78 Å². The molecule has 0 N–H and O–H groups in total. The first-order valence-electron chi connectivity index (χ1n) is 4.35. The first-order valence-corrected chi connectivity index (χ1v) is 4.35. The summed E-state index contributed by atoms with van der Waals surface area (Å²) in [5, 5.41) is 0. The molecule has 1 unspecified atom stereocenters. The lowest BCUT2D eigenvalue weighted by molar-refractivity contribution is 0.0792. The number of hydrogen-bond donors (Lipinski definition) is 0. The number of rotatable bonds is 4. The Hall–Kier alpha value is -1.15. The molecule has 0 aromatic heterocycles. The summed E-state index contributed by atoms with van der Waals surface area (Å²) in [5.74, 6) is 0.134. The normalized spacial score (nSPS) is 12.5. The Bertz CT molecular complexity index is 267. The van der Waals surface area contributed by atoms with E-state index in [1.807, 2.05) is 37.3 Å². The Morgan fingerprint density at radius 3 is 2.54 bits per heavy atom. The molecule has 0 aliphatic heterocycles. The van der Waals surface area contributed by atoms with E-state index in [0.29, 0.717) is 6.42 Å². The largest absolute Gasteiger partial charge is 0.381 e. The molecule has 0 saturated carbocycles. The SMILES string of the molecule is COC(C)CC(=O)c1ccccc1. The molecule has 0 fully saturated rings. The molecule has 2 nitrogen and oxygen atoms in total. The quantitative estimate of drug-likeness (QED) is 0.661. The molecule has 1 rings (SSSR count). The lowest BCUT2D eigenvalue weighted by Crippen LogP contribution is -2.12. The first kappa shape index (κ1) is 9.93. The van der Waals surface area contributed by atoms with Crippen LogP contribution in [0.4, 0.5) is 0 Å². The van der Waals surface area contributed by atoms with Crippen LogP contribution in [0.3, 0.4) is 0 Å². The highest BCUT2D eigenvalue weighted by molar-refractivity contribution is 5.96. The Labute approximate surface area is 78.5 Å². The monoisotopic (exact) mass is 178 g/mol. The van der Waals surface area contributed by atoms with Gasteiger partial charge < -0.3 is 4.74 Å². The number of hydrogen-bond acceptors (Lipinski definition) is 2. The number of ether oxygens (including phenoxy) is 1. The summed E-state index contributed by atoms with van der Waals surface area (Å²) in [7, 11) is 1.61. The van der Waals surface area contributed by atoms with Crippen molar-refractivity contribution < 1.29 is 9.53 Å². The van der Waals surface area contributed by atoms with E-state index in [2.05, 4.69) is 0 Å². The third-order valence-corrected chi connectivity index (χ3v) is 1.97. The predicted molar refractivity (Wildman–Crippen MR) is 51.9 cm³/mol. The fourth-order valence-corrected chi connectivity index (χ4v) is 1.09. The summed E-state index contributed by atoms with van der Waals surface area (Å²) >= 11 is 0. The fraction of sp³-hybridized carbons (Fsp3) is 0.364. The highest BCUT2D eigenvalue weighted by Crippen LogP contribution is 2.06. The molecule has 1 aromatic rings. The second kappa shape index (κ2) is 4.77. The van der Waals surface area contributed by atoms with Crippen LogP contribution >= 0.6 is 0 Å². The van der Waals surface area contributed by atoms with Gasteiger partial charge in [-0.2, -0.15) is 0 Å². The molecule has 0 heterocycles. The van der Waals surface area contributed by atoms with Gasteiger partial charge in [-0.25, -0.2) is 0 Å². The summed E-state index contributed by atoms with van der Waals surface area (Å²) < 4.78 is 5.02. The minimum Gasteiger partial charge on any atom is -0.381 e. The zero-order valence-electron chi connectivity index (χ0n) is 7.99. The summed E-state index contributed by atoms with van der Waals surface area (Å²) in [4.78, 5) is 11.5. The van der Waals surface area contributed by atoms with Gasteiger partial charge in [0.25, 0.3) is 0 Å². The number of benzene rings is 1. The highest BCUT2D eigenvalue weighted by atomic mass is 16.5. The van der Waals surface area contributed by atoms with Gasteiger partial charge in [0.05, 0.1) is 6.10 Å². The van der Waals surface area contributed by atoms with Gasteiger partial charge in [0, 0.05) is 19.1 Å². The third kappa shape index (κ3) is 2.99. The van der Waals surface area contributed by atoms with Crippen molar-refractivity contribution in [3.63, 3.8) is 0 Å². The summed E-state index contributed by atoms with van der Waals surface area (Å²) in [5.41, 5.74) is 0.756. The van der Waals surface area contributed by atoms with Gasteiger partial charge >= 0.3 is 0 Å². The van der Waals surface area contributed by atoms with Gasteiger partial charge in [-0.1, -0.05) is 30.3 Å². The van der Waals surface area contributed by atoms with E-state index in [1.165, 1.54) is 0 Å². The van der Waals surface area contributed by atoms with Crippen LogP contribution in [0.15, 0.2) is 30.3 Å². The van der Waals surface area contributed by atoms with Crippen molar-refractivity contribution in [3.05, 3.63) is 35.9 Å². The van der Waals surface area contributed by atoms with Gasteiger partial charge in [0.1, 0.15) is 0 Å². The van der Waals surface area contributed by atoms with Crippen LogP contribution in [-0.4, -0.2) is 19.0 Å². The maximum Gasteiger partial charge on any atom is 0.165 e. The summed E-state index contributed by atoms with van der Waals surface area (Å²) in [6, 6.07) is 9.28. The van der Waals surface area contributed by atoms with E-state index in [-0.39, 0.29) is 11.9 Å². The Morgan fingerprint density at radius 2 is 2.00 bits per heavy atom. The molecule has 70 valence electrons.